The van der Waals surface area contributed by atoms with Crippen LogP contribution in [-0.2, 0) is 9.53 Å². The van der Waals surface area contributed by atoms with E-state index < -0.39 is 30.1 Å². The third kappa shape index (κ3) is 4.24. The molecule has 0 aromatic carbocycles. The van der Waals surface area contributed by atoms with Crippen LogP contribution >= 0.6 is 11.3 Å². The van der Waals surface area contributed by atoms with E-state index in [9.17, 15) is 19.5 Å². The highest BCUT2D eigenvalue weighted by molar-refractivity contribution is 7.15. The minimum absolute atomic E-state index is 0.228. The van der Waals surface area contributed by atoms with Gasteiger partial charge in [-0.3, -0.25) is 5.32 Å². The topological polar surface area (TPSA) is 125 Å². The highest BCUT2D eigenvalue weighted by atomic mass is 32.1. The third-order valence-corrected chi connectivity index (χ3v) is 4.51. The molecule has 4 N–H and O–H groups in total. The maximum atomic E-state index is 12.2. The molecule has 1 fully saturated rings. The number of thiophene rings is 1. The summed E-state index contributed by atoms with van der Waals surface area (Å²) in [5.74, 6) is -1.62. The van der Waals surface area contributed by atoms with Gasteiger partial charge in [0.2, 0.25) is 0 Å². The number of amides is 2. The number of rotatable bonds is 7. The van der Waals surface area contributed by atoms with Crippen LogP contribution in [0.4, 0.5) is 9.80 Å². The molecule has 1 unspecified atom stereocenters. The van der Waals surface area contributed by atoms with Gasteiger partial charge in [-0.15, -0.1) is 11.3 Å². The third-order valence-electron chi connectivity index (χ3n) is 3.60. The van der Waals surface area contributed by atoms with Crippen LogP contribution in [0, 0.1) is 0 Å². The molecule has 1 saturated carbocycles. The number of ether oxygens (including phenoxy) is 1. The number of aliphatic hydroxyl groups is 1. The number of nitrogens with one attached hydrogen (secondary N) is 2. The van der Waals surface area contributed by atoms with Crippen LogP contribution in [0.25, 0.3) is 0 Å². The molecule has 0 radical (unpaired) electrons. The van der Waals surface area contributed by atoms with Crippen LogP contribution in [0.3, 0.4) is 0 Å². The van der Waals surface area contributed by atoms with Crippen molar-refractivity contribution in [1.29, 1.82) is 0 Å². The van der Waals surface area contributed by atoms with Gasteiger partial charge >= 0.3 is 18.0 Å². The van der Waals surface area contributed by atoms with Gasteiger partial charge in [0.25, 0.3) is 0 Å². The van der Waals surface area contributed by atoms with E-state index in [1.165, 1.54) is 11.3 Å². The predicted molar refractivity (Wildman–Crippen MR) is 87.5 cm³/mol. The fourth-order valence-electron chi connectivity index (χ4n) is 2.05. The molecule has 1 aromatic rings. The molecular formula is C15H20N2O6S. The number of hydrogen-bond acceptors (Lipinski definition) is 6. The second kappa shape index (κ2) is 7.18. The average Bonchev–Trinajstić information content (AvgIpc) is 3.26. The van der Waals surface area contributed by atoms with Gasteiger partial charge < -0.3 is 20.3 Å². The van der Waals surface area contributed by atoms with Crippen LogP contribution in [0.5, 0.6) is 0 Å². The first-order valence-corrected chi connectivity index (χ1v) is 8.43. The van der Waals surface area contributed by atoms with Crippen molar-refractivity contribution in [1.82, 2.24) is 5.32 Å². The normalized spacial score (nSPS) is 16.1. The van der Waals surface area contributed by atoms with E-state index in [4.69, 9.17) is 9.84 Å². The summed E-state index contributed by atoms with van der Waals surface area (Å²) in [7, 11) is 0. The summed E-state index contributed by atoms with van der Waals surface area (Å²) in [5, 5.41) is 25.4. The molecule has 2 rings (SSSR count). The Labute approximate surface area is 142 Å². The molecule has 1 aliphatic rings. The van der Waals surface area contributed by atoms with Crippen LogP contribution in [0.1, 0.15) is 48.5 Å². The maximum Gasteiger partial charge on any atom is 0.341 e. The maximum absolute atomic E-state index is 12.2. The molecule has 1 aliphatic carbocycles. The molecule has 0 spiro atoms. The van der Waals surface area contributed by atoms with Crippen molar-refractivity contribution in [3.63, 3.8) is 0 Å². The SMILES string of the molecule is CCOC(=O)c1c(C2CC2)csc1NC(=O)NCC(C)(O)C(=O)O. The van der Waals surface area contributed by atoms with Crippen LogP contribution < -0.4 is 10.6 Å². The van der Waals surface area contributed by atoms with E-state index >= 15 is 0 Å². The minimum Gasteiger partial charge on any atom is -0.479 e. The van der Waals surface area contributed by atoms with E-state index in [0.29, 0.717) is 16.5 Å². The van der Waals surface area contributed by atoms with E-state index in [1.807, 2.05) is 5.38 Å². The fraction of sp³-hybridized carbons (Fsp3) is 0.533. The fourth-order valence-corrected chi connectivity index (χ4v) is 3.07. The zero-order valence-electron chi connectivity index (χ0n) is 13.4. The monoisotopic (exact) mass is 356 g/mol. The summed E-state index contributed by atoms with van der Waals surface area (Å²) in [5.41, 5.74) is -0.855. The molecule has 1 atom stereocenters. The number of aliphatic carboxylic acids is 1. The summed E-state index contributed by atoms with van der Waals surface area (Å²) < 4.78 is 5.05. The molecule has 0 saturated heterocycles. The van der Waals surface area contributed by atoms with Gasteiger partial charge in [-0.25, -0.2) is 14.4 Å². The molecule has 0 bridgehead atoms. The first-order valence-electron chi connectivity index (χ1n) is 7.55. The first-order chi connectivity index (χ1) is 11.3. The van der Waals surface area contributed by atoms with Crippen LogP contribution in [-0.4, -0.2) is 46.9 Å². The summed E-state index contributed by atoms with van der Waals surface area (Å²) in [6, 6.07) is -0.703. The van der Waals surface area contributed by atoms with Crippen molar-refractivity contribution in [2.45, 2.75) is 38.2 Å². The number of carboxylic acid groups (broad SMARTS) is 1. The van der Waals surface area contributed by atoms with Gasteiger partial charge in [0.15, 0.2) is 5.60 Å². The molecule has 2 amide bonds. The molecule has 24 heavy (non-hydrogen) atoms. The van der Waals surface area contributed by atoms with Crippen molar-refractivity contribution in [2.75, 3.05) is 18.5 Å². The van der Waals surface area contributed by atoms with Gasteiger partial charge in [-0.2, -0.15) is 0 Å². The Morgan fingerprint density at radius 3 is 2.62 bits per heavy atom. The molecule has 8 nitrogen and oxygen atoms in total. The first kappa shape index (κ1) is 18.2. The zero-order chi connectivity index (χ0) is 17.9. The Bertz CT molecular complexity index is 650. The van der Waals surface area contributed by atoms with E-state index in [2.05, 4.69) is 10.6 Å². The lowest BCUT2D eigenvalue weighted by atomic mass is 10.1. The van der Waals surface area contributed by atoms with Crippen LogP contribution in [0.2, 0.25) is 0 Å². The van der Waals surface area contributed by atoms with Gasteiger partial charge in [-0.1, -0.05) is 0 Å². The largest absolute Gasteiger partial charge is 0.479 e. The molecule has 132 valence electrons. The highest BCUT2D eigenvalue weighted by Gasteiger charge is 2.33. The second-order valence-corrected chi connectivity index (χ2v) is 6.66. The quantitative estimate of drug-likeness (QED) is 0.552. The highest BCUT2D eigenvalue weighted by Crippen LogP contribution is 2.46. The summed E-state index contributed by atoms with van der Waals surface area (Å²) in [6.07, 6.45) is 1.99. The number of urea groups is 1. The van der Waals surface area contributed by atoms with E-state index in [-0.39, 0.29) is 6.61 Å². The van der Waals surface area contributed by atoms with Crippen LogP contribution in [0.15, 0.2) is 5.38 Å². The Balaban J connectivity index is 2.07. The Morgan fingerprint density at radius 2 is 2.08 bits per heavy atom. The standard InChI is InChI=1S/C15H20N2O6S/c1-3-23-12(18)10-9(8-4-5-8)6-24-11(10)17-14(21)16-7-15(2,22)13(19)20/h6,8,22H,3-5,7H2,1-2H3,(H,19,20)(H2,16,17,21). The number of carbonyl (C=O) groups excluding carboxylic acids is 2. The minimum atomic E-state index is -2.07. The second-order valence-electron chi connectivity index (χ2n) is 5.78. The van der Waals surface area contributed by atoms with Gasteiger partial charge in [0.1, 0.15) is 5.00 Å². The van der Waals surface area contributed by atoms with E-state index in [0.717, 1.165) is 25.3 Å². The number of carboxylic acids is 1. The van der Waals surface area contributed by atoms with E-state index in [1.54, 1.807) is 6.92 Å². The number of anilines is 1. The average molecular weight is 356 g/mol. The van der Waals surface area contributed by atoms with Crippen molar-refractivity contribution in [3.05, 3.63) is 16.5 Å². The van der Waals surface area contributed by atoms with Crippen molar-refractivity contribution in [3.8, 4) is 0 Å². The summed E-state index contributed by atoms with van der Waals surface area (Å²) >= 11 is 1.22. The lowest BCUT2D eigenvalue weighted by Gasteiger charge is -2.18. The Hall–Kier alpha value is -2.13. The lowest BCUT2D eigenvalue weighted by molar-refractivity contribution is -0.155. The van der Waals surface area contributed by atoms with Crippen molar-refractivity contribution < 1.29 is 29.3 Å². The number of hydrogen-bond donors (Lipinski definition) is 4. The Kier molecular flexibility index (Phi) is 5.45. The van der Waals surface area contributed by atoms with Gasteiger partial charge in [0, 0.05) is 0 Å². The zero-order valence-corrected chi connectivity index (χ0v) is 14.2. The predicted octanol–water partition coefficient (Wildman–Crippen LogP) is 1.76. The van der Waals surface area contributed by atoms with Gasteiger partial charge in [-0.05, 0) is 43.6 Å². The molecule has 0 aliphatic heterocycles. The lowest BCUT2D eigenvalue weighted by Crippen LogP contribution is -2.47. The summed E-state index contributed by atoms with van der Waals surface area (Å²) in [4.78, 5) is 34.9. The van der Waals surface area contributed by atoms with Gasteiger partial charge in [0.05, 0.1) is 18.7 Å². The number of carbonyl (C=O) groups is 3. The van der Waals surface area contributed by atoms with Crippen molar-refractivity contribution >= 4 is 34.3 Å². The molecule has 1 aromatic heterocycles. The van der Waals surface area contributed by atoms with Crippen molar-refractivity contribution in [2.24, 2.45) is 0 Å². The Morgan fingerprint density at radius 1 is 1.42 bits per heavy atom. The molecular weight excluding hydrogens is 336 g/mol. The molecule has 9 heteroatoms. The summed E-state index contributed by atoms with van der Waals surface area (Å²) in [6.45, 7) is 2.54. The number of esters is 1. The molecule has 1 heterocycles. The smallest absolute Gasteiger partial charge is 0.341 e.